The summed E-state index contributed by atoms with van der Waals surface area (Å²) in [6, 6.07) is 9.95. The lowest BCUT2D eigenvalue weighted by atomic mass is 9.99. The van der Waals surface area contributed by atoms with E-state index < -0.39 is 11.9 Å². The lowest BCUT2D eigenvalue weighted by Gasteiger charge is -2.30. The first-order valence-corrected chi connectivity index (χ1v) is 8.09. The lowest BCUT2D eigenvalue weighted by Crippen LogP contribution is -2.47. The maximum absolute atomic E-state index is 12.1. The zero-order valence-electron chi connectivity index (χ0n) is 13.6. The molecule has 0 saturated carbocycles. The number of benzene rings is 1. The van der Waals surface area contributed by atoms with Gasteiger partial charge in [0.15, 0.2) is 0 Å². The number of urea groups is 1. The van der Waals surface area contributed by atoms with E-state index in [1.165, 1.54) is 0 Å². The number of rotatable bonds is 6. The van der Waals surface area contributed by atoms with Crippen molar-refractivity contribution in [1.29, 1.82) is 0 Å². The second kappa shape index (κ2) is 8.41. The zero-order chi connectivity index (χ0) is 16.7. The molecule has 1 saturated heterocycles. The Hall–Kier alpha value is -2.24. The molecule has 1 fully saturated rings. The summed E-state index contributed by atoms with van der Waals surface area (Å²) in [6.07, 6.45) is 2.25. The summed E-state index contributed by atoms with van der Waals surface area (Å²) in [7, 11) is 2.03. The SMILES string of the molecule is CN(CCCNC(=O)N1CCCC(C(=O)O)C1)c1ccccc1. The second-order valence-corrected chi connectivity index (χ2v) is 5.97. The van der Waals surface area contributed by atoms with Crippen LogP contribution in [0.5, 0.6) is 0 Å². The highest BCUT2D eigenvalue weighted by atomic mass is 16.4. The molecule has 1 aromatic carbocycles. The summed E-state index contributed by atoms with van der Waals surface area (Å²) in [6.45, 7) is 2.39. The Bertz CT molecular complexity index is 521. The van der Waals surface area contributed by atoms with Crippen molar-refractivity contribution in [3.05, 3.63) is 30.3 Å². The first-order chi connectivity index (χ1) is 11.1. The van der Waals surface area contributed by atoms with Crippen LogP contribution in [0.15, 0.2) is 30.3 Å². The van der Waals surface area contributed by atoms with Gasteiger partial charge in [-0.3, -0.25) is 4.79 Å². The summed E-state index contributed by atoms with van der Waals surface area (Å²) in [5.74, 6) is -1.24. The van der Waals surface area contributed by atoms with Gasteiger partial charge in [-0.2, -0.15) is 0 Å². The number of carbonyl (C=O) groups excluding carboxylic acids is 1. The van der Waals surface area contributed by atoms with E-state index in [2.05, 4.69) is 22.3 Å². The van der Waals surface area contributed by atoms with Crippen LogP contribution in [0.1, 0.15) is 19.3 Å². The van der Waals surface area contributed by atoms with Crippen molar-refractivity contribution in [3.63, 3.8) is 0 Å². The van der Waals surface area contributed by atoms with Gasteiger partial charge in [-0.25, -0.2) is 4.79 Å². The number of hydrogen-bond acceptors (Lipinski definition) is 3. The van der Waals surface area contributed by atoms with Crippen LogP contribution in [0.25, 0.3) is 0 Å². The zero-order valence-corrected chi connectivity index (χ0v) is 13.6. The highest BCUT2D eigenvalue weighted by Crippen LogP contribution is 2.16. The van der Waals surface area contributed by atoms with Gasteiger partial charge in [-0.1, -0.05) is 18.2 Å². The van der Waals surface area contributed by atoms with Crippen molar-refractivity contribution in [2.24, 2.45) is 5.92 Å². The average Bonchev–Trinajstić information content (AvgIpc) is 2.59. The number of nitrogens with zero attached hydrogens (tertiary/aromatic N) is 2. The molecule has 23 heavy (non-hydrogen) atoms. The van der Waals surface area contributed by atoms with Crippen molar-refractivity contribution in [2.45, 2.75) is 19.3 Å². The third kappa shape index (κ3) is 5.16. The van der Waals surface area contributed by atoms with Crippen LogP contribution in [0.4, 0.5) is 10.5 Å². The number of amides is 2. The van der Waals surface area contributed by atoms with Gasteiger partial charge in [0, 0.05) is 38.9 Å². The van der Waals surface area contributed by atoms with Crippen molar-refractivity contribution in [3.8, 4) is 0 Å². The topological polar surface area (TPSA) is 72.9 Å². The number of carbonyl (C=O) groups is 2. The molecular formula is C17H25N3O3. The van der Waals surface area contributed by atoms with E-state index in [1.54, 1.807) is 4.90 Å². The molecule has 1 aliphatic heterocycles. The Balaban J connectivity index is 1.67. The molecule has 2 N–H and O–H groups in total. The molecular weight excluding hydrogens is 294 g/mol. The minimum atomic E-state index is -0.813. The Morgan fingerprint density at radius 3 is 2.78 bits per heavy atom. The Kier molecular flexibility index (Phi) is 6.26. The van der Waals surface area contributed by atoms with Crippen LogP contribution in [0.2, 0.25) is 0 Å². The van der Waals surface area contributed by atoms with Crippen molar-refractivity contribution in [2.75, 3.05) is 38.1 Å². The molecule has 2 rings (SSSR count). The van der Waals surface area contributed by atoms with Gasteiger partial charge in [0.1, 0.15) is 0 Å². The lowest BCUT2D eigenvalue weighted by molar-refractivity contribution is -0.143. The normalized spacial score (nSPS) is 17.6. The van der Waals surface area contributed by atoms with E-state index in [9.17, 15) is 9.59 Å². The van der Waals surface area contributed by atoms with E-state index in [0.717, 1.165) is 25.1 Å². The van der Waals surface area contributed by atoms with Gasteiger partial charge >= 0.3 is 12.0 Å². The molecule has 6 heteroatoms. The predicted octanol–water partition coefficient (Wildman–Crippen LogP) is 2.02. The Morgan fingerprint density at radius 2 is 2.09 bits per heavy atom. The highest BCUT2D eigenvalue weighted by Gasteiger charge is 2.27. The number of aliphatic carboxylic acids is 1. The number of nitrogens with one attached hydrogen (secondary N) is 1. The molecule has 0 aliphatic carbocycles. The van der Waals surface area contributed by atoms with E-state index in [1.807, 2.05) is 25.2 Å². The minimum absolute atomic E-state index is 0.154. The van der Waals surface area contributed by atoms with Gasteiger partial charge in [-0.05, 0) is 31.4 Å². The standard InChI is InChI=1S/C17H25N3O3/c1-19(15-8-3-2-4-9-15)11-6-10-18-17(23)20-12-5-7-14(13-20)16(21)22/h2-4,8-9,14H,5-7,10-13H2,1H3,(H,18,23)(H,21,22). The third-order valence-corrected chi connectivity index (χ3v) is 4.20. The number of carboxylic acid groups (broad SMARTS) is 1. The molecule has 1 aliphatic rings. The van der Waals surface area contributed by atoms with E-state index in [4.69, 9.17) is 5.11 Å². The minimum Gasteiger partial charge on any atom is -0.481 e. The number of anilines is 1. The maximum Gasteiger partial charge on any atom is 0.317 e. The monoisotopic (exact) mass is 319 g/mol. The molecule has 0 aromatic heterocycles. The quantitative estimate of drug-likeness (QED) is 0.787. The van der Waals surface area contributed by atoms with Crippen LogP contribution >= 0.6 is 0 Å². The average molecular weight is 319 g/mol. The third-order valence-electron chi connectivity index (χ3n) is 4.20. The first-order valence-electron chi connectivity index (χ1n) is 8.09. The van der Waals surface area contributed by atoms with E-state index in [-0.39, 0.29) is 6.03 Å². The summed E-state index contributed by atoms with van der Waals surface area (Å²) >= 11 is 0. The van der Waals surface area contributed by atoms with Crippen molar-refractivity contribution >= 4 is 17.7 Å². The first kappa shape index (κ1) is 17.1. The molecule has 0 radical (unpaired) electrons. The number of likely N-dealkylation sites (tertiary alicyclic amines) is 1. The summed E-state index contributed by atoms with van der Waals surface area (Å²) in [5.41, 5.74) is 1.15. The van der Waals surface area contributed by atoms with Crippen molar-refractivity contribution < 1.29 is 14.7 Å². The van der Waals surface area contributed by atoms with Gasteiger partial charge in [0.2, 0.25) is 0 Å². The molecule has 1 atom stereocenters. The van der Waals surface area contributed by atoms with E-state index in [0.29, 0.717) is 26.1 Å². The fourth-order valence-corrected chi connectivity index (χ4v) is 2.80. The molecule has 0 spiro atoms. The maximum atomic E-state index is 12.1. The molecule has 6 nitrogen and oxygen atoms in total. The fraction of sp³-hybridized carbons (Fsp3) is 0.529. The van der Waals surface area contributed by atoms with E-state index >= 15 is 0 Å². The van der Waals surface area contributed by atoms with Crippen LogP contribution in [0, 0.1) is 5.92 Å². The summed E-state index contributed by atoms with van der Waals surface area (Å²) in [5, 5.41) is 11.9. The fourth-order valence-electron chi connectivity index (χ4n) is 2.80. The molecule has 1 heterocycles. The Morgan fingerprint density at radius 1 is 1.35 bits per heavy atom. The molecule has 2 amide bonds. The number of hydrogen-bond donors (Lipinski definition) is 2. The van der Waals surface area contributed by atoms with Crippen molar-refractivity contribution in [1.82, 2.24) is 10.2 Å². The summed E-state index contributed by atoms with van der Waals surface area (Å²) in [4.78, 5) is 26.9. The Labute approximate surface area is 137 Å². The molecule has 1 unspecified atom stereocenters. The van der Waals surface area contributed by atoms with Gasteiger partial charge in [-0.15, -0.1) is 0 Å². The smallest absolute Gasteiger partial charge is 0.317 e. The molecule has 126 valence electrons. The van der Waals surface area contributed by atoms with Crippen LogP contribution < -0.4 is 10.2 Å². The highest BCUT2D eigenvalue weighted by molar-refractivity contribution is 5.76. The number of piperidine rings is 1. The number of para-hydroxylation sites is 1. The van der Waals surface area contributed by atoms with Crippen LogP contribution in [-0.4, -0.2) is 55.2 Å². The van der Waals surface area contributed by atoms with Gasteiger partial charge in [0.25, 0.3) is 0 Å². The largest absolute Gasteiger partial charge is 0.481 e. The predicted molar refractivity (Wildman–Crippen MR) is 89.7 cm³/mol. The number of carboxylic acids is 1. The molecule has 0 bridgehead atoms. The van der Waals surface area contributed by atoms with Gasteiger partial charge < -0.3 is 20.2 Å². The summed E-state index contributed by atoms with van der Waals surface area (Å²) < 4.78 is 0. The second-order valence-electron chi connectivity index (χ2n) is 5.97. The van der Waals surface area contributed by atoms with Crippen LogP contribution in [-0.2, 0) is 4.79 Å². The molecule has 1 aromatic rings. The van der Waals surface area contributed by atoms with Crippen LogP contribution in [0.3, 0.4) is 0 Å². The van der Waals surface area contributed by atoms with Gasteiger partial charge in [0.05, 0.1) is 5.92 Å².